The van der Waals surface area contributed by atoms with Crippen LogP contribution < -0.4 is 5.32 Å². The molecule has 0 aliphatic heterocycles. The number of aromatic nitrogens is 2. The number of hydrogen-bond acceptors (Lipinski definition) is 5. The number of nitrogens with zero attached hydrogens (tertiary/aromatic N) is 2. The highest BCUT2D eigenvalue weighted by molar-refractivity contribution is 8.00. The molecule has 2 aromatic heterocycles. The molecule has 0 saturated heterocycles. The Balaban J connectivity index is 1.56. The molecular weight excluding hydrogens is 512 g/mol. The van der Waals surface area contributed by atoms with Crippen LogP contribution in [0.15, 0.2) is 59.2 Å². The lowest BCUT2D eigenvalue weighted by Gasteiger charge is -2.14. The van der Waals surface area contributed by atoms with Crippen LogP contribution in [0.4, 0.5) is 32.0 Å². The van der Waals surface area contributed by atoms with Gasteiger partial charge in [-0.1, -0.05) is 41.6 Å². The Bertz CT molecular complexity index is 1350. The van der Waals surface area contributed by atoms with Gasteiger partial charge in [0.2, 0.25) is 5.91 Å². The van der Waals surface area contributed by atoms with E-state index in [2.05, 4.69) is 15.3 Å². The molecule has 0 bridgehead atoms. The second-order valence-electron chi connectivity index (χ2n) is 7.51. The molecule has 0 unspecified atom stereocenters. The lowest BCUT2D eigenvalue weighted by Crippen LogP contribution is -2.17. The van der Waals surface area contributed by atoms with E-state index in [4.69, 9.17) is 0 Å². The van der Waals surface area contributed by atoms with Crippen LogP contribution in [-0.4, -0.2) is 21.6 Å². The Kier molecular flexibility index (Phi) is 6.78. The Morgan fingerprint density at radius 1 is 0.971 bits per heavy atom. The third kappa shape index (κ3) is 5.76. The second-order valence-corrected chi connectivity index (χ2v) is 9.33. The summed E-state index contributed by atoms with van der Waals surface area (Å²) in [5.41, 5.74) is -0.740. The molecule has 35 heavy (non-hydrogen) atoms. The summed E-state index contributed by atoms with van der Waals surface area (Å²) in [6.07, 6.45) is -8.68. The van der Waals surface area contributed by atoms with E-state index in [0.717, 1.165) is 33.8 Å². The normalized spacial score (nSPS) is 12.2. The summed E-state index contributed by atoms with van der Waals surface area (Å²) < 4.78 is 78.4. The Hall–Kier alpha value is -3.12. The van der Waals surface area contributed by atoms with Crippen molar-refractivity contribution in [3.05, 3.63) is 70.9 Å². The van der Waals surface area contributed by atoms with Crippen molar-refractivity contribution in [3.8, 4) is 11.1 Å². The zero-order valence-corrected chi connectivity index (χ0v) is 19.4. The SMILES string of the molecule is Cc1ccc(-c2csc3ncnc(SCC(=O)Nc4cc(C(F)(F)F)cc(C(F)(F)F)c4)c23)cc1. The molecule has 0 radical (unpaired) electrons. The number of nitrogens with one attached hydrogen (secondary N) is 1. The average Bonchev–Trinajstić information content (AvgIpc) is 3.22. The van der Waals surface area contributed by atoms with Crippen molar-refractivity contribution >= 4 is 44.9 Å². The predicted molar refractivity (Wildman–Crippen MR) is 123 cm³/mol. The first kappa shape index (κ1) is 25.0. The largest absolute Gasteiger partial charge is 0.416 e. The monoisotopic (exact) mass is 527 g/mol. The van der Waals surface area contributed by atoms with Crippen molar-refractivity contribution in [2.45, 2.75) is 24.3 Å². The molecule has 0 spiro atoms. The van der Waals surface area contributed by atoms with Gasteiger partial charge in [-0.25, -0.2) is 9.97 Å². The predicted octanol–water partition coefficient (Wildman–Crippen LogP) is 7.44. The van der Waals surface area contributed by atoms with Crippen LogP contribution >= 0.6 is 23.1 Å². The minimum absolute atomic E-state index is 0.00516. The van der Waals surface area contributed by atoms with E-state index in [-0.39, 0.29) is 11.8 Å². The second kappa shape index (κ2) is 9.50. The maximum Gasteiger partial charge on any atom is 0.416 e. The summed E-state index contributed by atoms with van der Waals surface area (Å²) in [6, 6.07) is 8.73. The first-order valence-electron chi connectivity index (χ1n) is 9.93. The van der Waals surface area contributed by atoms with Gasteiger partial charge in [-0.15, -0.1) is 11.3 Å². The van der Waals surface area contributed by atoms with Crippen molar-refractivity contribution in [2.75, 3.05) is 11.1 Å². The number of anilines is 1. The summed E-state index contributed by atoms with van der Waals surface area (Å²) in [5, 5.41) is 5.24. The van der Waals surface area contributed by atoms with Crippen LogP contribution in [0.2, 0.25) is 0 Å². The van der Waals surface area contributed by atoms with Crippen LogP contribution in [-0.2, 0) is 17.1 Å². The number of halogens is 6. The van der Waals surface area contributed by atoms with Gasteiger partial charge in [-0.3, -0.25) is 4.79 Å². The molecule has 0 aliphatic carbocycles. The molecule has 12 heteroatoms. The lowest BCUT2D eigenvalue weighted by atomic mass is 10.1. The van der Waals surface area contributed by atoms with Crippen LogP contribution in [0.1, 0.15) is 16.7 Å². The van der Waals surface area contributed by atoms with Crippen LogP contribution in [0, 0.1) is 6.92 Å². The maximum atomic E-state index is 13.1. The Morgan fingerprint density at radius 2 is 1.60 bits per heavy atom. The van der Waals surface area contributed by atoms with E-state index in [0.29, 0.717) is 22.0 Å². The summed E-state index contributed by atoms with van der Waals surface area (Å²) in [5.74, 6) is -1.06. The molecule has 0 aliphatic rings. The molecule has 0 fully saturated rings. The molecule has 0 saturated carbocycles. The zero-order chi connectivity index (χ0) is 25.4. The van der Waals surface area contributed by atoms with E-state index in [1.54, 1.807) is 0 Å². The van der Waals surface area contributed by atoms with Crippen molar-refractivity contribution in [1.82, 2.24) is 9.97 Å². The van der Waals surface area contributed by atoms with E-state index in [9.17, 15) is 31.1 Å². The topological polar surface area (TPSA) is 54.9 Å². The summed E-state index contributed by atoms with van der Waals surface area (Å²) in [7, 11) is 0. The fourth-order valence-electron chi connectivity index (χ4n) is 3.26. The summed E-state index contributed by atoms with van der Waals surface area (Å²) in [4.78, 5) is 21.6. The summed E-state index contributed by atoms with van der Waals surface area (Å²) >= 11 is 2.41. The fourth-order valence-corrected chi connectivity index (χ4v) is 5.05. The molecule has 2 aromatic carbocycles. The van der Waals surface area contributed by atoms with Gasteiger partial charge in [0.25, 0.3) is 0 Å². The quantitative estimate of drug-likeness (QED) is 0.167. The number of carbonyl (C=O) groups excluding carboxylic acids is 1. The highest BCUT2D eigenvalue weighted by Crippen LogP contribution is 2.39. The number of alkyl halides is 6. The highest BCUT2D eigenvalue weighted by Gasteiger charge is 2.37. The van der Waals surface area contributed by atoms with Gasteiger partial charge in [0.1, 0.15) is 16.2 Å². The maximum absolute atomic E-state index is 13.1. The van der Waals surface area contributed by atoms with E-state index < -0.39 is 35.1 Å². The van der Waals surface area contributed by atoms with Crippen LogP contribution in [0.5, 0.6) is 0 Å². The van der Waals surface area contributed by atoms with Gasteiger partial charge in [0.15, 0.2) is 0 Å². The smallest absolute Gasteiger partial charge is 0.325 e. The number of fused-ring (bicyclic) bond motifs is 1. The molecule has 4 nitrogen and oxygen atoms in total. The van der Waals surface area contributed by atoms with Gasteiger partial charge < -0.3 is 5.32 Å². The first-order valence-corrected chi connectivity index (χ1v) is 11.8. The Labute approximate surface area is 203 Å². The standard InChI is InChI=1S/C23H15F6N3OS2/c1-12-2-4-13(5-3-12)17-9-34-20-19(17)21(31-11-30-20)35-10-18(33)32-16-7-14(22(24,25)26)6-15(8-16)23(27,28)29/h2-9,11H,10H2,1H3,(H,32,33). The molecule has 1 amide bonds. The number of amides is 1. The van der Waals surface area contributed by atoms with E-state index in [1.807, 2.05) is 36.6 Å². The van der Waals surface area contributed by atoms with Gasteiger partial charge in [-0.05, 0) is 30.7 Å². The molecule has 182 valence electrons. The van der Waals surface area contributed by atoms with Crippen molar-refractivity contribution < 1.29 is 31.1 Å². The molecule has 0 atom stereocenters. The average molecular weight is 528 g/mol. The number of thioether (sulfide) groups is 1. The van der Waals surface area contributed by atoms with Crippen molar-refractivity contribution in [2.24, 2.45) is 0 Å². The molecule has 1 N–H and O–H groups in total. The van der Waals surface area contributed by atoms with Gasteiger partial charge >= 0.3 is 12.4 Å². The van der Waals surface area contributed by atoms with Gasteiger partial charge in [0.05, 0.1) is 22.3 Å². The molecule has 4 aromatic rings. The Morgan fingerprint density at radius 3 is 2.20 bits per heavy atom. The first-order chi connectivity index (χ1) is 16.4. The van der Waals surface area contributed by atoms with Gasteiger partial charge in [-0.2, -0.15) is 26.3 Å². The number of rotatable bonds is 5. The van der Waals surface area contributed by atoms with Crippen molar-refractivity contribution in [3.63, 3.8) is 0 Å². The number of hydrogen-bond donors (Lipinski definition) is 1. The molecule has 4 rings (SSSR count). The highest BCUT2D eigenvalue weighted by atomic mass is 32.2. The van der Waals surface area contributed by atoms with Gasteiger partial charge in [0, 0.05) is 16.6 Å². The number of thiophene rings is 1. The number of carbonyl (C=O) groups is 1. The lowest BCUT2D eigenvalue weighted by molar-refractivity contribution is -0.143. The molecular formula is C23H15F6N3OS2. The van der Waals surface area contributed by atoms with E-state index >= 15 is 0 Å². The van der Waals surface area contributed by atoms with Crippen LogP contribution in [0.25, 0.3) is 21.3 Å². The fraction of sp³-hybridized carbons (Fsp3) is 0.174. The van der Waals surface area contributed by atoms with E-state index in [1.165, 1.54) is 17.7 Å². The third-order valence-electron chi connectivity index (χ3n) is 4.91. The molecule has 2 heterocycles. The van der Waals surface area contributed by atoms with Crippen molar-refractivity contribution in [1.29, 1.82) is 0 Å². The number of aryl methyl sites for hydroxylation is 1. The number of benzene rings is 2. The summed E-state index contributed by atoms with van der Waals surface area (Å²) in [6.45, 7) is 1.96. The minimum Gasteiger partial charge on any atom is -0.325 e. The zero-order valence-electron chi connectivity index (χ0n) is 17.8. The third-order valence-corrected chi connectivity index (χ3v) is 6.79. The van der Waals surface area contributed by atoms with Crippen LogP contribution in [0.3, 0.4) is 0 Å². The minimum atomic E-state index is -5.01.